The van der Waals surface area contributed by atoms with E-state index in [1.165, 1.54) is 10.4 Å². The van der Waals surface area contributed by atoms with Crippen LogP contribution in [0.3, 0.4) is 0 Å². The van der Waals surface area contributed by atoms with Gasteiger partial charge in [-0.15, -0.1) is 0 Å². The molecule has 1 aromatic rings. The molecule has 0 atom stereocenters. The molecule has 6 heteroatoms. The average Bonchev–Trinajstić information content (AvgIpc) is 2.57. The van der Waals surface area contributed by atoms with Gasteiger partial charge in [0.1, 0.15) is 0 Å². The molecule has 5 nitrogen and oxygen atoms in total. The molecule has 98 valence electrons. The van der Waals surface area contributed by atoms with Gasteiger partial charge in [-0.1, -0.05) is 6.07 Å². The molecule has 2 rings (SSSR count). The number of aromatic carboxylic acids is 1. The van der Waals surface area contributed by atoms with Crippen molar-refractivity contribution >= 4 is 21.7 Å². The molecule has 1 aliphatic rings. The lowest BCUT2D eigenvalue weighted by atomic mass is 10.0. The summed E-state index contributed by atoms with van der Waals surface area (Å²) in [5, 5.41) is 9.22. The van der Waals surface area contributed by atoms with Gasteiger partial charge in [0.15, 0.2) is 0 Å². The Bertz CT molecular complexity index is 607. The number of carbonyl (C=O) groups is 1. The zero-order chi connectivity index (χ0) is 13.5. The van der Waals surface area contributed by atoms with Crippen molar-refractivity contribution in [1.29, 1.82) is 0 Å². The lowest BCUT2D eigenvalue weighted by Crippen LogP contribution is -2.28. The molecule has 0 saturated carbocycles. The molecule has 0 amide bonds. The van der Waals surface area contributed by atoms with Crippen LogP contribution in [0, 0.1) is 13.8 Å². The first-order valence-electron chi connectivity index (χ1n) is 5.68. The molecule has 0 bridgehead atoms. The van der Waals surface area contributed by atoms with Crippen molar-refractivity contribution in [2.75, 3.05) is 16.6 Å². The second-order valence-electron chi connectivity index (χ2n) is 4.52. The summed E-state index contributed by atoms with van der Waals surface area (Å²) in [6, 6.07) is 3.31. The maximum atomic E-state index is 11.9. The van der Waals surface area contributed by atoms with Crippen LogP contribution in [0.2, 0.25) is 0 Å². The fourth-order valence-electron chi connectivity index (χ4n) is 2.34. The minimum absolute atomic E-state index is 0.0537. The van der Waals surface area contributed by atoms with Crippen LogP contribution in [0.25, 0.3) is 0 Å². The summed E-state index contributed by atoms with van der Waals surface area (Å²) in [5.74, 6) is -1.02. The number of hydrogen-bond donors (Lipinski definition) is 1. The van der Waals surface area contributed by atoms with Gasteiger partial charge in [0.2, 0.25) is 10.0 Å². The maximum absolute atomic E-state index is 11.9. The van der Waals surface area contributed by atoms with E-state index < -0.39 is 16.0 Å². The second-order valence-corrected chi connectivity index (χ2v) is 6.54. The molecule has 0 unspecified atom stereocenters. The van der Waals surface area contributed by atoms with Gasteiger partial charge in [-0.05, 0) is 37.5 Å². The molecular weight excluding hydrogens is 254 g/mol. The summed E-state index contributed by atoms with van der Waals surface area (Å²) < 4.78 is 25.0. The van der Waals surface area contributed by atoms with Crippen LogP contribution in [0.15, 0.2) is 12.1 Å². The lowest BCUT2D eigenvalue weighted by molar-refractivity contribution is 0.0697. The predicted octanol–water partition coefficient (Wildman–Crippen LogP) is 1.54. The van der Waals surface area contributed by atoms with Gasteiger partial charge in [-0.25, -0.2) is 13.2 Å². The van der Waals surface area contributed by atoms with Crippen molar-refractivity contribution in [3.63, 3.8) is 0 Å². The van der Waals surface area contributed by atoms with Crippen molar-refractivity contribution in [3.8, 4) is 0 Å². The lowest BCUT2D eigenvalue weighted by Gasteiger charge is -2.21. The second kappa shape index (κ2) is 4.28. The summed E-state index contributed by atoms with van der Waals surface area (Å²) in [6.45, 7) is 3.89. The number of aryl methyl sites for hydroxylation is 2. The standard InChI is InChI=1S/C12H15NO4S/c1-8-6-9(2)11(10(7-8)12(14)15)13-4-3-5-18(13,16)17/h6-7H,3-5H2,1-2H3,(H,14,15). The van der Waals surface area contributed by atoms with E-state index in [0.29, 0.717) is 24.2 Å². The van der Waals surface area contributed by atoms with Crippen molar-refractivity contribution < 1.29 is 18.3 Å². The molecule has 0 aliphatic carbocycles. The quantitative estimate of drug-likeness (QED) is 0.883. The third-order valence-electron chi connectivity index (χ3n) is 3.02. The van der Waals surface area contributed by atoms with E-state index in [1.807, 2.05) is 0 Å². The Morgan fingerprint density at radius 1 is 1.33 bits per heavy atom. The van der Waals surface area contributed by atoms with Crippen molar-refractivity contribution in [2.24, 2.45) is 0 Å². The van der Waals surface area contributed by atoms with Crippen molar-refractivity contribution in [2.45, 2.75) is 20.3 Å². The van der Waals surface area contributed by atoms with Gasteiger partial charge >= 0.3 is 5.97 Å². The molecule has 18 heavy (non-hydrogen) atoms. The fourth-order valence-corrected chi connectivity index (χ4v) is 3.99. The van der Waals surface area contributed by atoms with Crippen LogP contribution in [-0.4, -0.2) is 31.8 Å². The summed E-state index contributed by atoms with van der Waals surface area (Å²) in [7, 11) is -3.36. The van der Waals surface area contributed by atoms with Gasteiger partial charge < -0.3 is 5.11 Å². The molecule has 1 heterocycles. The molecule has 1 N–H and O–H groups in total. The van der Waals surface area contributed by atoms with E-state index >= 15 is 0 Å². The number of sulfonamides is 1. The number of carboxylic acid groups (broad SMARTS) is 1. The normalized spacial score (nSPS) is 18.0. The predicted molar refractivity (Wildman–Crippen MR) is 68.6 cm³/mol. The zero-order valence-electron chi connectivity index (χ0n) is 10.3. The highest BCUT2D eigenvalue weighted by molar-refractivity contribution is 7.93. The summed E-state index contributed by atoms with van der Waals surface area (Å²) in [5.41, 5.74) is 1.85. The number of hydrogen-bond acceptors (Lipinski definition) is 3. The molecule has 1 saturated heterocycles. The van der Waals surface area contributed by atoms with Crippen molar-refractivity contribution in [1.82, 2.24) is 0 Å². The van der Waals surface area contributed by atoms with Gasteiger partial charge in [0.05, 0.1) is 17.0 Å². The number of carboxylic acids is 1. The highest BCUT2D eigenvalue weighted by atomic mass is 32.2. The molecule has 1 aromatic carbocycles. The molecule has 1 fully saturated rings. The van der Waals surface area contributed by atoms with Crippen LogP contribution in [0.5, 0.6) is 0 Å². The monoisotopic (exact) mass is 269 g/mol. The van der Waals surface area contributed by atoms with E-state index in [2.05, 4.69) is 0 Å². The Morgan fingerprint density at radius 3 is 2.50 bits per heavy atom. The topological polar surface area (TPSA) is 74.7 Å². The highest BCUT2D eigenvalue weighted by Crippen LogP contribution is 2.32. The minimum Gasteiger partial charge on any atom is -0.478 e. The summed E-state index contributed by atoms with van der Waals surface area (Å²) in [6.07, 6.45) is 0.536. The van der Waals surface area contributed by atoms with Gasteiger partial charge in [-0.3, -0.25) is 4.31 Å². The molecule has 0 spiro atoms. The van der Waals surface area contributed by atoms with Crippen LogP contribution < -0.4 is 4.31 Å². The van der Waals surface area contributed by atoms with Crippen molar-refractivity contribution in [3.05, 3.63) is 28.8 Å². The zero-order valence-corrected chi connectivity index (χ0v) is 11.1. The molecule has 0 radical (unpaired) electrons. The van der Waals surface area contributed by atoms with Gasteiger partial charge in [0, 0.05) is 6.54 Å². The number of nitrogens with zero attached hydrogens (tertiary/aromatic N) is 1. The Kier molecular flexibility index (Phi) is 3.06. The van der Waals surface area contributed by atoms with E-state index in [-0.39, 0.29) is 11.3 Å². The maximum Gasteiger partial charge on any atom is 0.337 e. The first-order valence-corrected chi connectivity index (χ1v) is 7.29. The third-order valence-corrected chi connectivity index (χ3v) is 4.87. The number of anilines is 1. The van der Waals surface area contributed by atoms with Crippen LogP contribution in [0.4, 0.5) is 5.69 Å². The van der Waals surface area contributed by atoms with E-state index in [9.17, 15) is 18.3 Å². The Balaban J connectivity index is 2.67. The van der Waals surface area contributed by atoms with E-state index in [1.54, 1.807) is 19.9 Å². The average molecular weight is 269 g/mol. The smallest absolute Gasteiger partial charge is 0.337 e. The third kappa shape index (κ3) is 2.08. The first kappa shape index (κ1) is 12.9. The SMILES string of the molecule is Cc1cc(C)c(N2CCCS2(=O)=O)c(C(=O)O)c1. The molecular formula is C12H15NO4S. The fraction of sp³-hybridized carbons (Fsp3) is 0.417. The van der Waals surface area contributed by atoms with Gasteiger partial charge in [-0.2, -0.15) is 0 Å². The van der Waals surface area contributed by atoms with Crippen LogP contribution >= 0.6 is 0 Å². The van der Waals surface area contributed by atoms with Crippen LogP contribution in [0.1, 0.15) is 27.9 Å². The van der Waals surface area contributed by atoms with E-state index in [0.717, 1.165) is 5.56 Å². The largest absolute Gasteiger partial charge is 0.478 e. The first-order chi connectivity index (χ1) is 8.33. The number of rotatable bonds is 2. The van der Waals surface area contributed by atoms with Gasteiger partial charge in [0.25, 0.3) is 0 Å². The highest BCUT2D eigenvalue weighted by Gasteiger charge is 2.32. The minimum atomic E-state index is -3.36. The summed E-state index contributed by atoms with van der Waals surface area (Å²) in [4.78, 5) is 11.3. The Labute approximate surface area is 106 Å². The van der Waals surface area contributed by atoms with E-state index in [4.69, 9.17) is 0 Å². The molecule has 1 aliphatic heterocycles. The summed E-state index contributed by atoms with van der Waals surface area (Å²) >= 11 is 0. The number of benzene rings is 1. The Hall–Kier alpha value is -1.56. The van der Waals surface area contributed by atoms with Crippen LogP contribution in [-0.2, 0) is 10.0 Å². The Morgan fingerprint density at radius 2 is 2.00 bits per heavy atom. The molecule has 0 aromatic heterocycles.